The molecule has 0 aromatic heterocycles. The van der Waals surface area contributed by atoms with Gasteiger partial charge >= 0.3 is 0 Å². The zero-order valence-electron chi connectivity index (χ0n) is 32.2. The number of ether oxygens (including phenoxy) is 2. The van der Waals surface area contributed by atoms with Gasteiger partial charge in [-0.05, 0) is 80.4 Å². The van der Waals surface area contributed by atoms with Gasteiger partial charge in [-0.1, -0.05) is 80.1 Å². The van der Waals surface area contributed by atoms with Gasteiger partial charge in [-0.15, -0.1) is 0 Å². The molecule has 0 bridgehead atoms. The minimum atomic E-state index is -0.325. The first kappa shape index (κ1) is 46.5. The molecule has 0 aliphatic heterocycles. The minimum absolute atomic E-state index is 0.0377. The van der Waals surface area contributed by atoms with E-state index in [9.17, 15) is 19.2 Å². The number of anilines is 2. The lowest BCUT2D eigenvalue weighted by molar-refractivity contribution is -0.124. The summed E-state index contributed by atoms with van der Waals surface area (Å²) in [4.78, 5) is 43.3. The van der Waals surface area contributed by atoms with Gasteiger partial charge in [0.1, 0.15) is 24.1 Å². The Morgan fingerprint density at radius 2 is 1.27 bits per heavy atom. The summed E-state index contributed by atoms with van der Waals surface area (Å²) in [5.41, 5.74) is 4.29. The van der Waals surface area contributed by atoms with Crippen LogP contribution in [0, 0.1) is 12.3 Å². The molecule has 0 aliphatic rings. The summed E-state index contributed by atoms with van der Waals surface area (Å²) in [6.07, 6.45) is 2.68. The van der Waals surface area contributed by atoms with Crippen molar-refractivity contribution in [2.24, 2.45) is 5.41 Å². The van der Waals surface area contributed by atoms with Crippen LogP contribution in [0.2, 0.25) is 0 Å². The SMILES string of the molecule is CC(C)(CC=O)CC(=O)NCC=O.CNC(C)c1ccccc1.COc1ccc(N(C)C)cc1.COc1ccc(NC=O)cc1.Cc1ccccc1. The number of nitrogens with zero attached hydrogens (tertiary/aromatic N) is 1. The second-order valence-corrected chi connectivity index (χ2v) is 12.3. The Hall–Kier alpha value is -5.48. The summed E-state index contributed by atoms with van der Waals surface area (Å²) in [6, 6.07) is 36.2. The number of nitrogens with one attached hydrogen (secondary N) is 3. The average Bonchev–Trinajstić information content (AvgIpc) is 3.15. The normalized spacial score (nSPS) is 10.2. The summed E-state index contributed by atoms with van der Waals surface area (Å²) in [6.45, 7) is 7.94. The van der Waals surface area contributed by atoms with Crippen molar-refractivity contribution in [1.82, 2.24) is 10.6 Å². The molecule has 0 aliphatic carbocycles. The summed E-state index contributed by atoms with van der Waals surface area (Å²) in [5.74, 6) is 1.48. The summed E-state index contributed by atoms with van der Waals surface area (Å²) >= 11 is 0. The number of benzene rings is 4. The highest BCUT2D eigenvalue weighted by Gasteiger charge is 2.21. The highest BCUT2D eigenvalue weighted by molar-refractivity contribution is 5.79. The van der Waals surface area contributed by atoms with Crippen molar-refractivity contribution < 1.29 is 28.7 Å². The van der Waals surface area contributed by atoms with E-state index in [1.807, 2.05) is 83.5 Å². The maximum atomic E-state index is 11.1. The van der Waals surface area contributed by atoms with E-state index < -0.39 is 0 Å². The molecule has 2 amide bonds. The standard InChI is InChI=1S/C9H15NO3.C9H13NO.C9H13N.C8H9NO2.C7H8/c1-9(2,3-5-11)7-8(13)10-4-6-12;1-10(2)8-4-6-9(11-3)7-5-8;1-8(10-2)9-6-4-3-5-7-9;1-11-8-4-2-7(3-5-8)9-6-10;1-7-5-3-2-4-6-7/h5-6H,3-4,7H2,1-2H3,(H,10,13);4-7H,1-3H3;3-8,10H,1-2H3;2-6H,1H3,(H,9,10);2-6H,1H3. The fourth-order valence-corrected chi connectivity index (χ4v) is 4.03. The molecule has 0 heterocycles. The number of hydrogen-bond acceptors (Lipinski definition) is 8. The molecule has 0 fully saturated rings. The first-order valence-electron chi connectivity index (χ1n) is 16.9. The van der Waals surface area contributed by atoms with Gasteiger partial charge in [0.2, 0.25) is 12.3 Å². The molecule has 0 radical (unpaired) electrons. The van der Waals surface area contributed by atoms with E-state index in [-0.39, 0.29) is 24.3 Å². The summed E-state index contributed by atoms with van der Waals surface area (Å²) < 4.78 is 9.96. The molecule has 4 rings (SSSR count). The quantitative estimate of drug-likeness (QED) is 0.123. The summed E-state index contributed by atoms with van der Waals surface area (Å²) in [7, 11) is 9.27. The topological polar surface area (TPSA) is 126 Å². The molecule has 0 saturated carbocycles. The van der Waals surface area contributed by atoms with Crippen molar-refractivity contribution in [2.75, 3.05) is 52.1 Å². The number of methoxy groups -OCH3 is 2. The van der Waals surface area contributed by atoms with E-state index in [1.165, 1.54) is 16.8 Å². The van der Waals surface area contributed by atoms with Crippen LogP contribution in [0.4, 0.5) is 11.4 Å². The fourth-order valence-electron chi connectivity index (χ4n) is 4.03. The Kier molecular flexibility index (Phi) is 25.3. The van der Waals surface area contributed by atoms with Crippen LogP contribution in [-0.2, 0) is 19.2 Å². The largest absolute Gasteiger partial charge is 0.497 e. The van der Waals surface area contributed by atoms with Gasteiger partial charge in [-0.25, -0.2) is 0 Å². The Morgan fingerprint density at radius 1 is 0.769 bits per heavy atom. The zero-order chi connectivity index (χ0) is 39.2. The molecular formula is C42H58N4O6. The molecular weight excluding hydrogens is 656 g/mol. The third-order valence-corrected chi connectivity index (χ3v) is 7.24. The second kappa shape index (κ2) is 28.2. The number of carbonyl (C=O) groups excluding carboxylic acids is 4. The van der Waals surface area contributed by atoms with E-state index in [0.717, 1.165) is 23.5 Å². The molecule has 1 atom stereocenters. The van der Waals surface area contributed by atoms with Gasteiger partial charge in [0, 0.05) is 44.4 Å². The first-order chi connectivity index (χ1) is 24.9. The molecule has 4 aromatic carbocycles. The first-order valence-corrected chi connectivity index (χ1v) is 16.9. The zero-order valence-corrected chi connectivity index (χ0v) is 32.2. The Morgan fingerprint density at radius 3 is 1.65 bits per heavy atom. The van der Waals surface area contributed by atoms with Crippen molar-refractivity contribution in [3.63, 3.8) is 0 Å². The van der Waals surface area contributed by atoms with Crippen LogP contribution in [0.1, 0.15) is 50.8 Å². The molecule has 10 heteroatoms. The van der Waals surface area contributed by atoms with E-state index in [1.54, 1.807) is 38.5 Å². The van der Waals surface area contributed by atoms with Crippen LogP contribution in [0.5, 0.6) is 11.5 Å². The Bertz CT molecular complexity index is 1500. The van der Waals surface area contributed by atoms with E-state index in [4.69, 9.17) is 9.47 Å². The van der Waals surface area contributed by atoms with Gasteiger partial charge in [0.25, 0.3) is 0 Å². The molecule has 1 unspecified atom stereocenters. The van der Waals surface area contributed by atoms with Crippen molar-refractivity contribution in [3.05, 3.63) is 120 Å². The predicted octanol–water partition coefficient (Wildman–Crippen LogP) is 7.29. The maximum Gasteiger partial charge on any atom is 0.220 e. The van der Waals surface area contributed by atoms with Gasteiger partial charge in [0.15, 0.2) is 0 Å². The number of aldehydes is 2. The number of carbonyl (C=O) groups is 4. The predicted molar refractivity (Wildman–Crippen MR) is 213 cm³/mol. The number of rotatable bonds is 13. The van der Waals surface area contributed by atoms with E-state index in [2.05, 4.69) is 71.1 Å². The van der Waals surface area contributed by atoms with Crippen LogP contribution in [0.3, 0.4) is 0 Å². The second-order valence-electron chi connectivity index (χ2n) is 12.3. The van der Waals surface area contributed by atoms with Gasteiger partial charge in [-0.3, -0.25) is 9.59 Å². The van der Waals surface area contributed by atoms with Crippen LogP contribution >= 0.6 is 0 Å². The lowest BCUT2D eigenvalue weighted by Gasteiger charge is -2.20. The average molecular weight is 715 g/mol. The van der Waals surface area contributed by atoms with Gasteiger partial charge < -0.3 is 39.9 Å². The third kappa shape index (κ3) is 23.0. The fraction of sp³-hybridized carbons (Fsp3) is 0.333. The van der Waals surface area contributed by atoms with E-state index >= 15 is 0 Å². The molecule has 52 heavy (non-hydrogen) atoms. The molecule has 3 N–H and O–H groups in total. The van der Waals surface area contributed by atoms with Crippen LogP contribution in [0.25, 0.3) is 0 Å². The molecule has 10 nitrogen and oxygen atoms in total. The van der Waals surface area contributed by atoms with Gasteiger partial charge in [0.05, 0.1) is 20.8 Å². The third-order valence-electron chi connectivity index (χ3n) is 7.24. The minimum Gasteiger partial charge on any atom is -0.497 e. The molecule has 282 valence electrons. The van der Waals surface area contributed by atoms with E-state index in [0.29, 0.717) is 25.2 Å². The lowest BCUT2D eigenvalue weighted by Crippen LogP contribution is -2.30. The highest BCUT2D eigenvalue weighted by Crippen LogP contribution is 2.23. The van der Waals surface area contributed by atoms with Crippen molar-refractivity contribution >= 4 is 36.3 Å². The van der Waals surface area contributed by atoms with Crippen molar-refractivity contribution in [1.29, 1.82) is 0 Å². The Labute approximate surface area is 310 Å². The molecule has 4 aromatic rings. The number of aryl methyl sites for hydroxylation is 1. The van der Waals surface area contributed by atoms with Crippen molar-refractivity contribution in [2.45, 2.75) is 46.6 Å². The summed E-state index contributed by atoms with van der Waals surface area (Å²) in [5, 5.41) is 8.13. The van der Waals surface area contributed by atoms with Crippen LogP contribution in [0.15, 0.2) is 109 Å². The smallest absolute Gasteiger partial charge is 0.220 e. The molecule has 0 spiro atoms. The monoisotopic (exact) mass is 714 g/mol. The molecule has 0 saturated heterocycles. The van der Waals surface area contributed by atoms with Crippen LogP contribution in [-0.4, -0.2) is 66.8 Å². The highest BCUT2D eigenvalue weighted by atomic mass is 16.5. The Balaban J connectivity index is 0.000000631. The maximum absolute atomic E-state index is 11.1. The number of amides is 2. The number of hydrogen-bond donors (Lipinski definition) is 3. The van der Waals surface area contributed by atoms with Crippen molar-refractivity contribution in [3.8, 4) is 11.5 Å². The lowest BCUT2D eigenvalue weighted by atomic mass is 9.86. The van der Waals surface area contributed by atoms with Crippen LogP contribution < -0.4 is 30.3 Å². The van der Waals surface area contributed by atoms with Gasteiger partial charge in [-0.2, -0.15) is 0 Å².